The lowest BCUT2D eigenvalue weighted by atomic mass is 10.2. The van der Waals surface area contributed by atoms with Gasteiger partial charge in [-0.05, 0) is 32.9 Å². The highest BCUT2D eigenvalue weighted by molar-refractivity contribution is 9.09. The molecule has 0 aromatic heterocycles. The van der Waals surface area contributed by atoms with E-state index in [0.29, 0.717) is 6.61 Å². The number of benzene rings is 1. The van der Waals surface area contributed by atoms with Gasteiger partial charge >= 0.3 is 6.09 Å². The minimum atomic E-state index is -0.505. The molecule has 19 heavy (non-hydrogen) atoms. The fourth-order valence-corrected chi connectivity index (χ4v) is 1.54. The molecule has 0 atom stereocenters. The molecule has 1 aromatic rings. The molecule has 5 heteroatoms. The number of alkyl halides is 1. The Labute approximate surface area is 122 Å². The van der Waals surface area contributed by atoms with Crippen LogP contribution in [0.2, 0.25) is 0 Å². The van der Waals surface area contributed by atoms with E-state index in [2.05, 4.69) is 15.9 Å². The quantitative estimate of drug-likeness (QED) is 0.788. The van der Waals surface area contributed by atoms with Crippen LogP contribution in [-0.2, 0) is 4.74 Å². The highest BCUT2D eigenvalue weighted by Gasteiger charge is 2.20. The molecular weight excluding hydrogens is 310 g/mol. The zero-order valence-electron chi connectivity index (χ0n) is 11.8. The van der Waals surface area contributed by atoms with Crippen LogP contribution in [0.1, 0.15) is 20.8 Å². The number of carbonyl (C=O) groups is 1. The molecular formula is C14H20BrNO3. The van der Waals surface area contributed by atoms with E-state index in [-0.39, 0.29) is 6.09 Å². The molecule has 0 spiro atoms. The summed E-state index contributed by atoms with van der Waals surface area (Å²) in [6, 6.07) is 7.35. The van der Waals surface area contributed by atoms with Gasteiger partial charge in [-0.15, -0.1) is 0 Å². The Kier molecular flexibility index (Phi) is 5.66. The minimum Gasteiger partial charge on any atom is -0.493 e. The molecule has 4 nitrogen and oxygen atoms in total. The van der Waals surface area contributed by atoms with Gasteiger partial charge in [0, 0.05) is 18.4 Å². The van der Waals surface area contributed by atoms with Crippen molar-refractivity contribution in [3.05, 3.63) is 24.3 Å². The Hall–Kier alpha value is -1.23. The van der Waals surface area contributed by atoms with Crippen molar-refractivity contribution < 1.29 is 14.3 Å². The lowest BCUT2D eigenvalue weighted by Gasteiger charge is -2.24. The third kappa shape index (κ3) is 5.51. The van der Waals surface area contributed by atoms with E-state index in [1.165, 1.54) is 4.90 Å². The zero-order valence-corrected chi connectivity index (χ0v) is 13.4. The normalized spacial score (nSPS) is 11.0. The van der Waals surface area contributed by atoms with Gasteiger partial charge in [0.25, 0.3) is 0 Å². The summed E-state index contributed by atoms with van der Waals surface area (Å²) in [5.41, 5.74) is 0.233. The molecule has 0 saturated carbocycles. The molecule has 1 aromatic carbocycles. The number of rotatable bonds is 4. The summed E-state index contributed by atoms with van der Waals surface area (Å²) in [4.78, 5) is 13.4. The monoisotopic (exact) mass is 329 g/mol. The second-order valence-corrected chi connectivity index (χ2v) is 5.87. The van der Waals surface area contributed by atoms with E-state index in [4.69, 9.17) is 9.47 Å². The van der Waals surface area contributed by atoms with Crippen molar-refractivity contribution in [2.24, 2.45) is 0 Å². The van der Waals surface area contributed by atoms with E-state index >= 15 is 0 Å². The number of anilines is 1. The van der Waals surface area contributed by atoms with Gasteiger partial charge in [-0.25, -0.2) is 4.79 Å². The van der Waals surface area contributed by atoms with Crippen molar-refractivity contribution in [3.8, 4) is 5.75 Å². The van der Waals surface area contributed by atoms with Crippen molar-refractivity contribution in [1.29, 1.82) is 0 Å². The van der Waals surface area contributed by atoms with Gasteiger partial charge in [-0.1, -0.05) is 22.0 Å². The summed E-state index contributed by atoms with van der Waals surface area (Å²) >= 11 is 3.30. The largest absolute Gasteiger partial charge is 0.493 e. The molecule has 106 valence electrons. The maximum Gasteiger partial charge on any atom is 0.414 e. The fraction of sp³-hybridized carbons (Fsp3) is 0.500. The molecule has 0 aliphatic rings. The van der Waals surface area contributed by atoms with Crippen LogP contribution in [0, 0.1) is 0 Å². The van der Waals surface area contributed by atoms with E-state index in [1.54, 1.807) is 7.05 Å². The first-order valence-electron chi connectivity index (χ1n) is 6.09. The number of amides is 1. The van der Waals surface area contributed by atoms with Crippen molar-refractivity contribution in [1.82, 2.24) is 0 Å². The van der Waals surface area contributed by atoms with Gasteiger partial charge < -0.3 is 9.47 Å². The second kappa shape index (κ2) is 6.80. The third-order valence-corrected chi connectivity index (χ3v) is 2.54. The number of carbonyl (C=O) groups excluding carboxylic acids is 1. The van der Waals surface area contributed by atoms with Crippen molar-refractivity contribution in [3.63, 3.8) is 0 Å². The molecule has 0 unspecified atom stereocenters. The number of hydrogen-bond acceptors (Lipinski definition) is 3. The van der Waals surface area contributed by atoms with Crippen LogP contribution in [-0.4, -0.2) is 30.7 Å². The van der Waals surface area contributed by atoms with Gasteiger partial charge in [-0.3, -0.25) is 4.90 Å². The van der Waals surface area contributed by atoms with Crippen molar-refractivity contribution in [2.75, 3.05) is 23.9 Å². The van der Waals surface area contributed by atoms with Gasteiger partial charge in [0.1, 0.15) is 11.4 Å². The number of nitrogens with zero attached hydrogens (tertiary/aromatic N) is 1. The average molecular weight is 330 g/mol. The summed E-state index contributed by atoms with van der Waals surface area (Å²) in [6.45, 7) is 6.11. The van der Waals surface area contributed by atoms with Crippen molar-refractivity contribution in [2.45, 2.75) is 26.4 Å². The SMILES string of the molecule is CN(C(=O)OC(C)(C)C)c1cccc(OCCBr)c1. The summed E-state index contributed by atoms with van der Waals surface area (Å²) < 4.78 is 10.8. The van der Waals surface area contributed by atoms with Crippen LogP contribution < -0.4 is 9.64 Å². The van der Waals surface area contributed by atoms with E-state index in [1.807, 2.05) is 45.0 Å². The molecule has 1 amide bonds. The van der Waals surface area contributed by atoms with Gasteiger partial charge in [0.15, 0.2) is 0 Å². The Balaban J connectivity index is 2.76. The van der Waals surface area contributed by atoms with Crippen LogP contribution in [0.15, 0.2) is 24.3 Å². The lowest BCUT2D eigenvalue weighted by molar-refractivity contribution is 0.0589. The first-order chi connectivity index (χ1) is 8.83. The van der Waals surface area contributed by atoms with Gasteiger partial charge in [0.05, 0.1) is 12.3 Å². The summed E-state index contributed by atoms with van der Waals surface area (Å²) in [6.07, 6.45) is -0.384. The van der Waals surface area contributed by atoms with E-state index in [9.17, 15) is 4.79 Å². The average Bonchev–Trinajstić information content (AvgIpc) is 2.33. The van der Waals surface area contributed by atoms with Gasteiger partial charge in [-0.2, -0.15) is 0 Å². The Morgan fingerprint density at radius 3 is 2.63 bits per heavy atom. The molecule has 0 bridgehead atoms. The van der Waals surface area contributed by atoms with Crippen LogP contribution in [0.3, 0.4) is 0 Å². The Morgan fingerprint density at radius 1 is 1.37 bits per heavy atom. The summed E-state index contributed by atoms with van der Waals surface area (Å²) in [5, 5.41) is 0.763. The Morgan fingerprint density at radius 2 is 2.05 bits per heavy atom. The Bertz CT molecular complexity index is 429. The highest BCUT2D eigenvalue weighted by atomic mass is 79.9. The zero-order chi connectivity index (χ0) is 14.5. The van der Waals surface area contributed by atoms with E-state index in [0.717, 1.165) is 16.8 Å². The number of halogens is 1. The predicted octanol–water partition coefficient (Wildman–Crippen LogP) is 3.83. The predicted molar refractivity (Wildman–Crippen MR) is 80.4 cm³/mol. The van der Waals surface area contributed by atoms with Crippen LogP contribution in [0.25, 0.3) is 0 Å². The number of hydrogen-bond donors (Lipinski definition) is 0. The smallest absolute Gasteiger partial charge is 0.414 e. The standard InChI is InChI=1S/C14H20BrNO3/c1-14(2,3)19-13(17)16(4)11-6-5-7-12(10-11)18-9-8-15/h5-7,10H,8-9H2,1-4H3. The third-order valence-electron chi connectivity index (χ3n) is 2.22. The van der Waals surface area contributed by atoms with E-state index < -0.39 is 5.60 Å². The number of ether oxygens (including phenoxy) is 2. The van der Waals surface area contributed by atoms with Crippen LogP contribution in [0.5, 0.6) is 5.75 Å². The van der Waals surface area contributed by atoms with Crippen LogP contribution >= 0.6 is 15.9 Å². The summed E-state index contributed by atoms with van der Waals surface area (Å²) in [7, 11) is 1.68. The second-order valence-electron chi connectivity index (χ2n) is 5.07. The molecule has 0 fully saturated rings. The molecule has 0 N–H and O–H groups in total. The van der Waals surface area contributed by atoms with Gasteiger partial charge in [0.2, 0.25) is 0 Å². The fourth-order valence-electron chi connectivity index (χ4n) is 1.37. The van der Waals surface area contributed by atoms with Crippen LogP contribution in [0.4, 0.5) is 10.5 Å². The molecule has 0 aliphatic heterocycles. The minimum absolute atomic E-state index is 0.384. The molecule has 0 aliphatic carbocycles. The maximum atomic E-state index is 11.9. The first kappa shape index (κ1) is 15.8. The highest BCUT2D eigenvalue weighted by Crippen LogP contribution is 2.22. The van der Waals surface area contributed by atoms with Crippen molar-refractivity contribution >= 4 is 27.7 Å². The molecule has 0 saturated heterocycles. The molecule has 0 heterocycles. The lowest BCUT2D eigenvalue weighted by Crippen LogP contribution is -2.34. The maximum absolute atomic E-state index is 11.9. The summed E-state index contributed by atoms with van der Waals surface area (Å²) in [5.74, 6) is 0.729. The topological polar surface area (TPSA) is 38.8 Å². The first-order valence-corrected chi connectivity index (χ1v) is 7.21. The molecule has 1 rings (SSSR count). The molecule has 0 radical (unpaired) electrons.